The highest BCUT2D eigenvalue weighted by molar-refractivity contribution is 7.98. The molecular weight excluding hydrogens is 316 g/mol. The van der Waals surface area contributed by atoms with E-state index in [9.17, 15) is 4.79 Å². The summed E-state index contributed by atoms with van der Waals surface area (Å²) in [5.74, 6) is 0.627. The van der Waals surface area contributed by atoms with E-state index in [-0.39, 0.29) is 5.92 Å². The number of amides is 1. The van der Waals surface area contributed by atoms with Crippen LogP contribution < -0.4 is 0 Å². The van der Waals surface area contributed by atoms with Crippen LogP contribution in [0.15, 0.2) is 29.2 Å². The zero-order valence-corrected chi connectivity index (χ0v) is 15.7. The maximum Gasteiger partial charge on any atom is 0.226 e. The number of hydrogen-bond donors (Lipinski definition) is 0. The Morgan fingerprint density at radius 3 is 2.42 bits per heavy atom. The maximum absolute atomic E-state index is 12.9. The van der Waals surface area contributed by atoms with Crippen molar-refractivity contribution >= 4 is 17.7 Å². The normalized spacial score (nSPS) is 23.0. The van der Waals surface area contributed by atoms with Gasteiger partial charge in [-0.15, -0.1) is 11.8 Å². The van der Waals surface area contributed by atoms with Crippen LogP contribution >= 0.6 is 11.8 Å². The molecule has 4 heteroatoms. The minimum Gasteiger partial charge on any atom is -0.342 e. The predicted molar refractivity (Wildman–Crippen MR) is 101 cm³/mol. The molecule has 2 aliphatic heterocycles. The number of piperidine rings is 1. The first-order chi connectivity index (χ1) is 11.8. The summed E-state index contributed by atoms with van der Waals surface area (Å²) in [4.78, 5) is 18.8. The standard InChI is InChI=1S/C20H30N2OS/c1-24-19-10-8-17(9-11-19)15-21-12-6-7-18(16-21)20(23)22-13-4-2-3-5-14-22/h8-11,18H,2-7,12-16H2,1H3. The van der Waals surface area contributed by atoms with Crippen LogP contribution in [-0.4, -0.2) is 48.1 Å². The molecule has 0 bridgehead atoms. The fourth-order valence-corrected chi connectivity index (χ4v) is 4.35. The molecule has 1 aromatic carbocycles. The number of carbonyl (C=O) groups is 1. The summed E-state index contributed by atoms with van der Waals surface area (Å²) in [6, 6.07) is 8.85. The summed E-state index contributed by atoms with van der Waals surface area (Å²) in [5, 5.41) is 0. The van der Waals surface area contributed by atoms with Crippen molar-refractivity contribution in [1.82, 2.24) is 9.80 Å². The van der Waals surface area contributed by atoms with Gasteiger partial charge in [-0.05, 0) is 56.2 Å². The minimum atomic E-state index is 0.210. The third kappa shape index (κ3) is 4.76. The van der Waals surface area contributed by atoms with Crippen molar-refractivity contribution in [2.75, 3.05) is 32.4 Å². The molecule has 3 nitrogen and oxygen atoms in total. The topological polar surface area (TPSA) is 23.6 Å². The zero-order valence-electron chi connectivity index (χ0n) is 14.9. The summed E-state index contributed by atoms with van der Waals surface area (Å²) in [6.45, 7) is 4.98. The van der Waals surface area contributed by atoms with E-state index in [0.717, 1.165) is 45.6 Å². The predicted octanol–water partition coefficient (Wildman–Crippen LogP) is 4.02. The van der Waals surface area contributed by atoms with Crippen LogP contribution in [0.3, 0.4) is 0 Å². The van der Waals surface area contributed by atoms with Gasteiger partial charge in [0.15, 0.2) is 0 Å². The minimum absolute atomic E-state index is 0.210. The second kappa shape index (κ2) is 8.91. The van der Waals surface area contributed by atoms with Crippen molar-refractivity contribution in [2.45, 2.75) is 50.0 Å². The Balaban J connectivity index is 1.55. The Bertz CT molecular complexity index is 523. The molecule has 0 spiro atoms. The molecule has 3 rings (SSSR count). The first-order valence-corrected chi connectivity index (χ1v) is 10.6. The molecule has 1 aromatic rings. The largest absolute Gasteiger partial charge is 0.342 e. The molecule has 1 amide bonds. The van der Waals surface area contributed by atoms with Gasteiger partial charge in [-0.2, -0.15) is 0 Å². The lowest BCUT2D eigenvalue weighted by atomic mass is 9.96. The van der Waals surface area contributed by atoms with Gasteiger partial charge in [-0.1, -0.05) is 25.0 Å². The van der Waals surface area contributed by atoms with Gasteiger partial charge >= 0.3 is 0 Å². The Hall–Kier alpha value is -1.00. The third-order valence-corrected chi connectivity index (χ3v) is 6.08. The molecule has 2 saturated heterocycles. The van der Waals surface area contributed by atoms with Gasteiger partial charge in [0.05, 0.1) is 5.92 Å². The summed E-state index contributed by atoms with van der Waals surface area (Å²) >= 11 is 1.78. The monoisotopic (exact) mass is 346 g/mol. The van der Waals surface area contributed by atoms with Crippen molar-refractivity contribution < 1.29 is 4.79 Å². The van der Waals surface area contributed by atoms with Gasteiger partial charge in [-0.25, -0.2) is 0 Å². The number of likely N-dealkylation sites (tertiary alicyclic amines) is 2. The third-order valence-electron chi connectivity index (χ3n) is 5.34. The SMILES string of the molecule is CSc1ccc(CN2CCCC(C(=O)N3CCCCCC3)C2)cc1. The second-order valence-electron chi connectivity index (χ2n) is 7.16. The number of rotatable bonds is 4. The lowest BCUT2D eigenvalue weighted by Crippen LogP contribution is -2.44. The maximum atomic E-state index is 12.9. The molecule has 1 atom stereocenters. The van der Waals surface area contributed by atoms with E-state index >= 15 is 0 Å². The summed E-state index contributed by atoms with van der Waals surface area (Å²) in [5.41, 5.74) is 1.36. The summed E-state index contributed by atoms with van der Waals surface area (Å²) < 4.78 is 0. The van der Waals surface area contributed by atoms with Crippen molar-refractivity contribution in [3.63, 3.8) is 0 Å². The van der Waals surface area contributed by atoms with E-state index in [1.165, 1.54) is 36.1 Å². The zero-order chi connectivity index (χ0) is 16.8. The smallest absolute Gasteiger partial charge is 0.226 e. The Labute approximate surface area is 150 Å². The molecule has 24 heavy (non-hydrogen) atoms. The van der Waals surface area contributed by atoms with Crippen LogP contribution in [0.2, 0.25) is 0 Å². The molecule has 0 aliphatic carbocycles. The summed E-state index contributed by atoms with van der Waals surface area (Å²) in [6.07, 6.45) is 9.26. The van der Waals surface area contributed by atoms with E-state index in [2.05, 4.69) is 40.3 Å². The van der Waals surface area contributed by atoms with Gasteiger partial charge < -0.3 is 4.90 Å². The van der Waals surface area contributed by atoms with E-state index in [1.807, 2.05) is 0 Å². The van der Waals surface area contributed by atoms with E-state index in [0.29, 0.717) is 5.91 Å². The average molecular weight is 347 g/mol. The van der Waals surface area contributed by atoms with E-state index in [1.54, 1.807) is 11.8 Å². The molecule has 2 heterocycles. The lowest BCUT2D eigenvalue weighted by Gasteiger charge is -2.34. The van der Waals surface area contributed by atoms with Crippen LogP contribution in [-0.2, 0) is 11.3 Å². The average Bonchev–Trinajstić information content (AvgIpc) is 2.91. The number of thioether (sulfide) groups is 1. The van der Waals surface area contributed by atoms with Gasteiger partial charge in [0.2, 0.25) is 5.91 Å². The van der Waals surface area contributed by atoms with Crippen LogP contribution in [0.25, 0.3) is 0 Å². The Morgan fingerprint density at radius 1 is 1.04 bits per heavy atom. The fraction of sp³-hybridized carbons (Fsp3) is 0.650. The van der Waals surface area contributed by atoms with Gasteiger partial charge in [0.25, 0.3) is 0 Å². The fourth-order valence-electron chi connectivity index (χ4n) is 3.94. The quantitative estimate of drug-likeness (QED) is 0.769. The highest BCUT2D eigenvalue weighted by Crippen LogP contribution is 2.23. The molecule has 0 saturated carbocycles. The molecule has 2 aliphatic rings. The molecule has 0 radical (unpaired) electrons. The Morgan fingerprint density at radius 2 is 1.75 bits per heavy atom. The lowest BCUT2D eigenvalue weighted by molar-refractivity contribution is -0.137. The number of carbonyl (C=O) groups excluding carboxylic acids is 1. The van der Waals surface area contributed by atoms with Crippen LogP contribution in [0.1, 0.15) is 44.1 Å². The number of hydrogen-bond acceptors (Lipinski definition) is 3. The van der Waals surface area contributed by atoms with Crippen LogP contribution in [0.4, 0.5) is 0 Å². The molecule has 2 fully saturated rings. The molecule has 0 aromatic heterocycles. The molecule has 0 N–H and O–H groups in total. The van der Waals surface area contributed by atoms with Crippen molar-refractivity contribution in [3.8, 4) is 0 Å². The van der Waals surface area contributed by atoms with Crippen LogP contribution in [0.5, 0.6) is 0 Å². The first kappa shape index (κ1) is 17.8. The number of benzene rings is 1. The second-order valence-corrected chi connectivity index (χ2v) is 8.04. The Kier molecular flexibility index (Phi) is 6.61. The van der Waals surface area contributed by atoms with Gasteiger partial charge in [0, 0.05) is 31.1 Å². The first-order valence-electron chi connectivity index (χ1n) is 9.40. The van der Waals surface area contributed by atoms with E-state index in [4.69, 9.17) is 0 Å². The highest BCUT2D eigenvalue weighted by Gasteiger charge is 2.29. The van der Waals surface area contributed by atoms with Crippen molar-refractivity contribution in [3.05, 3.63) is 29.8 Å². The van der Waals surface area contributed by atoms with Gasteiger partial charge in [-0.3, -0.25) is 9.69 Å². The molecule has 1 unspecified atom stereocenters. The van der Waals surface area contributed by atoms with Crippen molar-refractivity contribution in [2.24, 2.45) is 5.92 Å². The van der Waals surface area contributed by atoms with E-state index < -0.39 is 0 Å². The number of nitrogens with zero attached hydrogens (tertiary/aromatic N) is 2. The summed E-state index contributed by atoms with van der Waals surface area (Å²) in [7, 11) is 0. The van der Waals surface area contributed by atoms with Gasteiger partial charge in [0.1, 0.15) is 0 Å². The van der Waals surface area contributed by atoms with Crippen molar-refractivity contribution in [1.29, 1.82) is 0 Å². The highest BCUT2D eigenvalue weighted by atomic mass is 32.2. The molecule has 132 valence electrons. The molecular formula is C20H30N2OS. The van der Waals surface area contributed by atoms with Crippen LogP contribution in [0, 0.1) is 5.92 Å².